The maximum Gasteiger partial charge on any atom is 0.255 e. The fourth-order valence-electron chi connectivity index (χ4n) is 2.33. The molecule has 1 fully saturated rings. The first-order valence-corrected chi connectivity index (χ1v) is 7.23. The van der Waals surface area contributed by atoms with Gasteiger partial charge in [0.05, 0.1) is 24.9 Å². The van der Waals surface area contributed by atoms with Gasteiger partial charge in [-0.25, -0.2) is 0 Å². The molecule has 0 aliphatic carbocycles. The molecule has 1 aliphatic heterocycles. The van der Waals surface area contributed by atoms with Gasteiger partial charge in [-0.1, -0.05) is 17.9 Å². The Balaban J connectivity index is 2.26. The SMILES string of the molecule is Cc1ccc(C(=O)N2CCOC(C)C2)c(C#CCCO)c1. The van der Waals surface area contributed by atoms with Gasteiger partial charge in [-0.3, -0.25) is 4.79 Å². The standard InChI is InChI=1S/C17H21NO3/c1-13-6-7-16(15(11-13)5-3-4-9-19)17(20)18-8-10-21-14(2)12-18/h6-7,11,14,19H,4,8-10,12H2,1-2H3. The quantitative estimate of drug-likeness (QED) is 0.840. The number of ether oxygens (including phenoxy) is 1. The number of aryl methyl sites for hydroxylation is 1. The minimum atomic E-state index is -0.00144. The van der Waals surface area contributed by atoms with Crippen LogP contribution in [0.3, 0.4) is 0 Å². The van der Waals surface area contributed by atoms with E-state index in [2.05, 4.69) is 11.8 Å². The van der Waals surface area contributed by atoms with E-state index in [1.54, 1.807) is 0 Å². The first-order valence-electron chi connectivity index (χ1n) is 7.23. The van der Waals surface area contributed by atoms with Gasteiger partial charge in [0.15, 0.2) is 0 Å². The minimum Gasteiger partial charge on any atom is -0.395 e. The van der Waals surface area contributed by atoms with Crippen LogP contribution < -0.4 is 0 Å². The summed E-state index contributed by atoms with van der Waals surface area (Å²) in [4.78, 5) is 14.5. The molecular weight excluding hydrogens is 266 g/mol. The van der Waals surface area contributed by atoms with Crippen LogP contribution in [0.15, 0.2) is 18.2 Å². The molecule has 1 unspecified atom stereocenters. The highest BCUT2D eigenvalue weighted by molar-refractivity contribution is 5.97. The molecule has 2 rings (SSSR count). The number of hydrogen-bond acceptors (Lipinski definition) is 3. The molecule has 0 bridgehead atoms. The second kappa shape index (κ2) is 7.26. The lowest BCUT2D eigenvalue weighted by molar-refractivity contribution is -0.0124. The lowest BCUT2D eigenvalue weighted by atomic mass is 10.0. The molecule has 0 aromatic heterocycles. The van der Waals surface area contributed by atoms with Crippen LogP contribution in [0.5, 0.6) is 0 Å². The van der Waals surface area contributed by atoms with E-state index in [4.69, 9.17) is 9.84 Å². The number of aliphatic hydroxyl groups excluding tert-OH is 1. The van der Waals surface area contributed by atoms with E-state index in [0.717, 1.165) is 11.1 Å². The lowest BCUT2D eigenvalue weighted by Gasteiger charge is -2.31. The van der Waals surface area contributed by atoms with E-state index in [1.807, 2.05) is 36.9 Å². The topological polar surface area (TPSA) is 49.8 Å². The lowest BCUT2D eigenvalue weighted by Crippen LogP contribution is -2.44. The molecule has 112 valence electrons. The Kier molecular flexibility index (Phi) is 5.38. The molecule has 0 spiro atoms. The number of hydrogen-bond donors (Lipinski definition) is 1. The molecular formula is C17H21NO3. The number of nitrogens with zero attached hydrogens (tertiary/aromatic N) is 1. The van der Waals surface area contributed by atoms with Crippen molar-refractivity contribution in [3.8, 4) is 11.8 Å². The Hall–Kier alpha value is -1.83. The van der Waals surface area contributed by atoms with Crippen molar-refractivity contribution in [2.24, 2.45) is 0 Å². The molecule has 0 saturated carbocycles. The van der Waals surface area contributed by atoms with E-state index < -0.39 is 0 Å². The summed E-state index contributed by atoms with van der Waals surface area (Å²) >= 11 is 0. The van der Waals surface area contributed by atoms with Crippen LogP contribution in [0.1, 0.15) is 34.8 Å². The number of rotatable bonds is 2. The van der Waals surface area contributed by atoms with Crippen LogP contribution in [-0.2, 0) is 4.74 Å². The Morgan fingerprint density at radius 2 is 2.33 bits per heavy atom. The van der Waals surface area contributed by atoms with Gasteiger partial charge in [0.2, 0.25) is 0 Å². The zero-order valence-electron chi connectivity index (χ0n) is 12.6. The number of morpholine rings is 1. The van der Waals surface area contributed by atoms with Crippen LogP contribution in [0.2, 0.25) is 0 Å². The van der Waals surface area contributed by atoms with E-state index in [1.165, 1.54) is 0 Å². The van der Waals surface area contributed by atoms with Crippen LogP contribution in [0, 0.1) is 18.8 Å². The fraction of sp³-hybridized carbons (Fsp3) is 0.471. The molecule has 4 heteroatoms. The summed E-state index contributed by atoms with van der Waals surface area (Å²) in [6.07, 6.45) is 0.480. The van der Waals surface area contributed by atoms with Crippen molar-refractivity contribution in [3.63, 3.8) is 0 Å². The number of carbonyl (C=O) groups is 1. The highest BCUT2D eigenvalue weighted by Crippen LogP contribution is 2.16. The van der Waals surface area contributed by atoms with Gasteiger partial charge in [0, 0.05) is 25.1 Å². The van der Waals surface area contributed by atoms with Crippen molar-refractivity contribution in [1.82, 2.24) is 4.90 Å². The number of carbonyl (C=O) groups excluding carboxylic acids is 1. The third kappa shape index (κ3) is 4.07. The summed E-state index contributed by atoms with van der Waals surface area (Å²) in [5, 5.41) is 8.82. The second-order valence-corrected chi connectivity index (χ2v) is 5.26. The molecule has 4 nitrogen and oxygen atoms in total. The molecule has 21 heavy (non-hydrogen) atoms. The Morgan fingerprint density at radius 1 is 1.52 bits per heavy atom. The van der Waals surface area contributed by atoms with Gasteiger partial charge in [-0.05, 0) is 31.5 Å². The maximum absolute atomic E-state index is 12.7. The van der Waals surface area contributed by atoms with Crippen LogP contribution >= 0.6 is 0 Å². The van der Waals surface area contributed by atoms with Crippen molar-refractivity contribution >= 4 is 5.91 Å². The Labute approximate surface area is 125 Å². The number of aliphatic hydroxyl groups is 1. The summed E-state index contributed by atoms with van der Waals surface area (Å²) < 4.78 is 5.47. The fourth-order valence-corrected chi connectivity index (χ4v) is 2.33. The predicted molar refractivity (Wildman–Crippen MR) is 81.1 cm³/mol. The summed E-state index contributed by atoms with van der Waals surface area (Å²) in [6.45, 7) is 5.77. The molecule has 1 aliphatic rings. The van der Waals surface area contributed by atoms with Crippen molar-refractivity contribution in [2.45, 2.75) is 26.4 Å². The first-order chi connectivity index (χ1) is 10.1. The molecule has 1 aromatic carbocycles. The summed E-state index contributed by atoms with van der Waals surface area (Å²) in [7, 11) is 0. The van der Waals surface area contributed by atoms with Gasteiger partial charge >= 0.3 is 0 Å². The summed E-state index contributed by atoms with van der Waals surface area (Å²) in [5.74, 6) is 5.89. The van der Waals surface area contributed by atoms with Crippen LogP contribution in [-0.4, -0.2) is 48.3 Å². The van der Waals surface area contributed by atoms with Crippen molar-refractivity contribution in [1.29, 1.82) is 0 Å². The zero-order chi connectivity index (χ0) is 15.2. The summed E-state index contributed by atoms with van der Waals surface area (Å²) in [6, 6.07) is 5.68. The Morgan fingerprint density at radius 3 is 3.05 bits per heavy atom. The van der Waals surface area contributed by atoms with Gasteiger partial charge < -0.3 is 14.7 Å². The third-order valence-electron chi connectivity index (χ3n) is 3.39. The van der Waals surface area contributed by atoms with Gasteiger partial charge in [-0.2, -0.15) is 0 Å². The van der Waals surface area contributed by atoms with Gasteiger partial charge in [-0.15, -0.1) is 0 Å². The average molecular weight is 287 g/mol. The van der Waals surface area contributed by atoms with E-state index >= 15 is 0 Å². The molecule has 1 atom stereocenters. The van der Waals surface area contributed by atoms with Crippen molar-refractivity contribution in [3.05, 3.63) is 34.9 Å². The molecule has 1 N–H and O–H groups in total. The number of benzene rings is 1. The normalized spacial score (nSPS) is 18.0. The van der Waals surface area contributed by atoms with Crippen LogP contribution in [0.4, 0.5) is 0 Å². The average Bonchev–Trinajstić information content (AvgIpc) is 2.47. The second-order valence-electron chi connectivity index (χ2n) is 5.26. The highest BCUT2D eigenvalue weighted by Gasteiger charge is 2.23. The molecule has 1 heterocycles. The molecule has 1 aromatic rings. The number of amides is 1. The first kappa shape index (κ1) is 15.6. The third-order valence-corrected chi connectivity index (χ3v) is 3.39. The van der Waals surface area contributed by atoms with Gasteiger partial charge in [0.1, 0.15) is 0 Å². The highest BCUT2D eigenvalue weighted by atomic mass is 16.5. The van der Waals surface area contributed by atoms with E-state index in [9.17, 15) is 4.79 Å². The van der Waals surface area contributed by atoms with Crippen molar-refractivity contribution in [2.75, 3.05) is 26.3 Å². The zero-order valence-corrected chi connectivity index (χ0v) is 12.6. The van der Waals surface area contributed by atoms with E-state index in [-0.39, 0.29) is 18.6 Å². The minimum absolute atomic E-state index is 0.00144. The predicted octanol–water partition coefficient (Wildman–Crippen LogP) is 1.59. The van der Waals surface area contributed by atoms with Gasteiger partial charge in [0.25, 0.3) is 5.91 Å². The smallest absolute Gasteiger partial charge is 0.255 e. The molecule has 0 radical (unpaired) electrons. The largest absolute Gasteiger partial charge is 0.395 e. The molecule has 1 saturated heterocycles. The van der Waals surface area contributed by atoms with Crippen LogP contribution in [0.25, 0.3) is 0 Å². The van der Waals surface area contributed by atoms with Crippen molar-refractivity contribution < 1.29 is 14.6 Å². The van der Waals surface area contributed by atoms with E-state index in [0.29, 0.717) is 31.7 Å². The monoisotopic (exact) mass is 287 g/mol. The maximum atomic E-state index is 12.7. The summed E-state index contributed by atoms with van der Waals surface area (Å²) in [5.41, 5.74) is 2.42. The molecule has 1 amide bonds. The Bertz CT molecular complexity index is 571.